The molecule has 0 radical (unpaired) electrons. The van der Waals surface area contributed by atoms with Crippen molar-refractivity contribution >= 4 is 5.69 Å². The van der Waals surface area contributed by atoms with Crippen molar-refractivity contribution in [1.82, 2.24) is 0 Å². The van der Waals surface area contributed by atoms with Crippen molar-refractivity contribution in [3.8, 4) is 5.75 Å². The Labute approximate surface area is 113 Å². The highest BCUT2D eigenvalue weighted by Gasteiger charge is 2.16. The maximum absolute atomic E-state index is 5.88. The predicted molar refractivity (Wildman–Crippen MR) is 71.9 cm³/mol. The van der Waals surface area contributed by atoms with Gasteiger partial charge in [0.05, 0.1) is 25.9 Å². The second-order valence-electron chi connectivity index (χ2n) is 4.56. The van der Waals surface area contributed by atoms with Crippen LogP contribution in [0.3, 0.4) is 0 Å². The highest BCUT2D eigenvalue weighted by Crippen LogP contribution is 2.31. The third-order valence-corrected chi connectivity index (χ3v) is 2.89. The fourth-order valence-corrected chi connectivity index (χ4v) is 2.00. The molecule has 0 saturated heterocycles. The van der Waals surface area contributed by atoms with E-state index in [1.807, 2.05) is 26.0 Å². The number of fused-ring (bicyclic) bond motifs is 1. The van der Waals surface area contributed by atoms with Gasteiger partial charge in [0.1, 0.15) is 5.75 Å². The molecule has 0 aromatic heterocycles. The summed E-state index contributed by atoms with van der Waals surface area (Å²) in [7, 11) is 0. The van der Waals surface area contributed by atoms with E-state index in [2.05, 4.69) is 0 Å². The first kappa shape index (κ1) is 14.1. The van der Waals surface area contributed by atoms with E-state index in [0.717, 1.165) is 16.9 Å². The largest absolute Gasteiger partial charge is 0.467 e. The molecule has 1 aliphatic heterocycles. The molecule has 1 aliphatic rings. The molecule has 0 bridgehead atoms. The summed E-state index contributed by atoms with van der Waals surface area (Å²) in [6, 6.07) is 3.76. The normalized spacial score (nSPS) is 15.7. The monoisotopic (exact) mass is 267 g/mol. The van der Waals surface area contributed by atoms with Gasteiger partial charge in [0.2, 0.25) is 0 Å². The Morgan fingerprint density at radius 2 is 2.26 bits per heavy atom. The maximum Gasteiger partial charge on any atom is 0.189 e. The van der Waals surface area contributed by atoms with E-state index >= 15 is 0 Å². The molecule has 106 valence electrons. The molecule has 0 fully saturated rings. The van der Waals surface area contributed by atoms with Crippen LogP contribution in [0.4, 0.5) is 5.69 Å². The third kappa shape index (κ3) is 3.83. The van der Waals surface area contributed by atoms with Gasteiger partial charge in [0.15, 0.2) is 6.79 Å². The van der Waals surface area contributed by atoms with Gasteiger partial charge in [-0.05, 0) is 26.0 Å². The molecule has 1 aromatic rings. The van der Waals surface area contributed by atoms with Crippen molar-refractivity contribution in [3.63, 3.8) is 0 Å². The Hall–Kier alpha value is -1.30. The molecular weight excluding hydrogens is 246 g/mol. The number of hydrogen-bond acceptors (Lipinski definition) is 5. The molecule has 1 unspecified atom stereocenters. The van der Waals surface area contributed by atoms with E-state index < -0.39 is 0 Å². The van der Waals surface area contributed by atoms with E-state index in [0.29, 0.717) is 32.1 Å². The van der Waals surface area contributed by atoms with Crippen LogP contribution in [0.1, 0.15) is 25.0 Å². The second-order valence-corrected chi connectivity index (χ2v) is 4.56. The van der Waals surface area contributed by atoms with Crippen LogP contribution in [0.15, 0.2) is 12.1 Å². The van der Waals surface area contributed by atoms with Gasteiger partial charge in [-0.15, -0.1) is 0 Å². The van der Waals surface area contributed by atoms with Crippen LogP contribution in [0.2, 0.25) is 0 Å². The van der Waals surface area contributed by atoms with Gasteiger partial charge >= 0.3 is 0 Å². The Bertz CT molecular complexity index is 422. The Balaban J connectivity index is 2.01. The zero-order chi connectivity index (χ0) is 13.7. The average Bonchev–Trinajstić information content (AvgIpc) is 2.42. The summed E-state index contributed by atoms with van der Waals surface area (Å²) in [6.07, 6.45) is 0.0388. The van der Waals surface area contributed by atoms with Gasteiger partial charge in [-0.2, -0.15) is 0 Å². The summed E-state index contributed by atoms with van der Waals surface area (Å²) in [6.45, 7) is 6.50. The first-order valence-electron chi connectivity index (χ1n) is 6.52. The fraction of sp³-hybridized carbons (Fsp3) is 0.571. The topological polar surface area (TPSA) is 62.9 Å². The van der Waals surface area contributed by atoms with Gasteiger partial charge in [0.25, 0.3) is 0 Å². The number of nitrogen functional groups attached to an aromatic ring is 1. The minimum absolute atomic E-state index is 0.0388. The van der Waals surface area contributed by atoms with Crippen LogP contribution in [-0.4, -0.2) is 26.1 Å². The average molecular weight is 267 g/mol. The highest BCUT2D eigenvalue weighted by atomic mass is 16.7. The highest BCUT2D eigenvalue weighted by molar-refractivity contribution is 5.53. The molecule has 0 spiro atoms. The van der Waals surface area contributed by atoms with Gasteiger partial charge in [-0.3, -0.25) is 0 Å². The van der Waals surface area contributed by atoms with Crippen LogP contribution in [0.25, 0.3) is 0 Å². The van der Waals surface area contributed by atoms with Gasteiger partial charge in [-0.1, -0.05) is 0 Å². The van der Waals surface area contributed by atoms with Crippen molar-refractivity contribution < 1.29 is 18.9 Å². The minimum atomic E-state index is 0.0388. The summed E-state index contributed by atoms with van der Waals surface area (Å²) >= 11 is 0. The van der Waals surface area contributed by atoms with Crippen LogP contribution >= 0.6 is 0 Å². The van der Waals surface area contributed by atoms with Crippen LogP contribution in [-0.2, 0) is 27.4 Å². The number of nitrogens with two attached hydrogens (primary N) is 1. The Morgan fingerprint density at radius 1 is 1.42 bits per heavy atom. The van der Waals surface area contributed by atoms with E-state index in [-0.39, 0.29) is 12.9 Å². The lowest BCUT2D eigenvalue weighted by Crippen LogP contribution is -2.18. The summed E-state index contributed by atoms with van der Waals surface area (Å²) in [5.74, 6) is 0.837. The molecule has 1 heterocycles. The predicted octanol–water partition coefficient (Wildman–Crippen LogP) is 2.08. The number of rotatable bonds is 6. The van der Waals surface area contributed by atoms with Crippen LogP contribution in [0.5, 0.6) is 5.75 Å². The van der Waals surface area contributed by atoms with E-state index in [4.69, 9.17) is 24.7 Å². The molecule has 5 nitrogen and oxygen atoms in total. The van der Waals surface area contributed by atoms with Gasteiger partial charge in [0, 0.05) is 23.4 Å². The van der Waals surface area contributed by atoms with Crippen molar-refractivity contribution in [1.29, 1.82) is 0 Å². The number of benzene rings is 1. The standard InChI is InChI=1S/C14H21NO4/c1-3-16-6-10(2)18-8-12-5-13(15)4-11-7-17-9-19-14(11)12/h4-5,10H,3,6-9,15H2,1-2H3. The molecule has 2 N–H and O–H groups in total. The van der Waals surface area contributed by atoms with Crippen molar-refractivity contribution in [2.24, 2.45) is 0 Å². The minimum Gasteiger partial charge on any atom is -0.467 e. The lowest BCUT2D eigenvalue weighted by Gasteiger charge is -2.22. The lowest BCUT2D eigenvalue weighted by atomic mass is 10.1. The van der Waals surface area contributed by atoms with E-state index in [1.165, 1.54) is 0 Å². The maximum atomic E-state index is 5.88. The SMILES string of the molecule is CCOCC(C)OCc1cc(N)cc2c1OCOC2. The summed E-state index contributed by atoms with van der Waals surface area (Å²) in [5, 5.41) is 0. The fourth-order valence-electron chi connectivity index (χ4n) is 2.00. The Morgan fingerprint density at radius 3 is 3.05 bits per heavy atom. The molecule has 1 atom stereocenters. The smallest absolute Gasteiger partial charge is 0.189 e. The molecule has 2 rings (SSSR count). The molecule has 0 aliphatic carbocycles. The molecular formula is C14H21NO4. The molecule has 5 heteroatoms. The number of hydrogen-bond donors (Lipinski definition) is 1. The quantitative estimate of drug-likeness (QED) is 0.799. The van der Waals surface area contributed by atoms with Crippen molar-refractivity contribution in [2.45, 2.75) is 33.2 Å². The van der Waals surface area contributed by atoms with Crippen LogP contribution < -0.4 is 10.5 Å². The van der Waals surface area contributed by atoms with Crippen molar-refractivity contribution in [3.05, 3.63) is 23.3 Å². The summed E-state index contributed by atoms with van der Waals surface area (Å²) < 4.78 is 21.8. The van der Waals surface area contributed by atoms with Gasteiger partial charge < -0.3 is 24.7 Å². The van der Waals surface area contributed by atoms with Crippen molar-refractivity contribution in [2.75, 3.05) is 25.7 Å². The van der Waals surface area contributed by atoms with Crippen LogP contribution in [0, 0.1) is 0 Å². The van der Waals surface area contributed by atoms with E-state index in [9.17, 15) is 0 Å². The Kier molecular flexibility index (Phi) is 5.01. The third-order valence-electron chi connectivity index (χ3n) is 2.89. The van der Waals surface area contributed by atoms with E-state index in [1.54, 1.807) is 0 Å². The van der Waals surface area contributed by atoms with Gasteiger partial charge in [-0.25, -0.2) is 0 Å². The lowest BCUT2D eigenvalue weighted by molar-refractivity contribution is -0.0259. The first-order valence-corrected chi connectivity index (χ1v) is 6.52. The summed E-state index contributed by atoms with van der Waals surface area (Å²) in [4.78, 5) is 0. The molecule has 0 amide bonds. The molecule has 0 saturated carbocycles. The molecule has 1 aromatic carbocycles. The zero-order valence-electron chi connectivity index (χ0n) is 11.5. The molecule has 19 heavy (non-hydrogen) atoms. The number of anilines is 1. The first-order chi connectivity index (χ1) is 9.20. The number of ether oxygens (including phenoxy) is 4. The zero-order valence-corrected chi connectivity index (χ0v) is 11.5. The second kappa shape index (κ2) is 6.75. The summed E-state index contributed by atoms with van der Waals surface area (Å²) in [5.41, 5.74) is 8.51.